The van der Waals surface area contributed by atoms with E-state index in [4.69, 9.17) is 3.02 Å². The van der Waals surface area contributed by atoms with E-state index in [2.05, 4.69) is 31.9 Å². The topological polar surface area (TPSA) is 17.1 Å². The molecule has 0 aliphatic rings. The van der Waals surface area contributed by atoms with E-state index < -0.39 is 0 Å². The van der Waals surface area contributed by atoms with E-state index in [0.717, 1.165) is 8.95 Å². The van der Waals surface area contributed by atoms with Gasteiger partial charge in [-0.25, -0.2) is 0 Å². The molecule has 0 fully saturated rings. The van der Waals surface area contributed by atoms with E-state index in [1.54, 1.807) is 0 Å². The Hall–Kier alpha value is 0.798. The van der Waals surface area contributed by atoms with Gasteiger partial charge in [0.2, 0.25) is 0 Å². The Morgan fingerprint density at radius 1 is 0.900 bits per heavy atom. The van der Waals surface area contributed by atoms with E-state index in [9.17, 15) is 0 Å². The normalized spacial score (nSPS) is 7.80. The second-order valence-electron chi connectivity index (χ2n) is 1.44. The molecule has 1 rings (SSSR count). The van der Waals surface area contributed by atoms with Crippen LogP contribution < -0.4 is 0 Å². The molecule has 0 bridgehead atoms. The monoisotopic (exact) mass is 372 g/mol. The first kappa shape index (κ1) is 10.8. The molecular formula is C6H5Br2OSb. The molecule has 1 aromatic rings. The molecule has 54 valence electrons. The molecule has 0 radical (unpaired) electrons. The van der Waals surface area contributed by atoms with Gasteiger partial charge in [-0.3, -0.25) is 0 Å². The average Bonchev–Trinajstić information content (AvgIpc) is 2.00. The van der Waals surface area contributed by atoms with Gasteiger partial charge in [0.05, 0.1) is 0 Å². The van der Waals surface area contributed by atoms with Crippen LogP contribution in [0.5, 0.6) is 0 Å². The first-order valence-electron chi connectivity index (χ1n) is 2.40. The molecule has 0 saturated carbocycles. The van der Waals surface area contributed by atoms with Crippen LogP contribution in [0.1, 0.15) is 0 Å². The maximum absolute atomic E-state index is 8.34. The summed E-state index contributed by atoms with van der Waals surface area (Å²) in [5.74, 6) is 0. The summed E-state index contributed by atoms with van der Waals surface area (Å²) in [6.45, 7) is 0. The minimum atomic E-state index is 0.300. The van der Waals surface area contributed by atoms with Gasteiger partial charge in [0.1, 0.15) is 0 Å². The van der Waals surface area contributed by atoms with Crippen LogP contribution in [0.25, 0.3) is 0 Å². The molecule has 10 heavy (non-hydrogen) atoms. The zero-order valence-electron chi connectivity index (χ0n) is 4.97. The van der Waals surface area contributed by atoms with Gasteiger partial charge in [0.15, 0.2) is 0 Å². The summed E-state index contributed by atoms with van der Waals surface area (Å²) in [6.07, 6.45) is 0. The van der Waals surface area contributed by atoms with Crippen molar-refractivity contribution in [2.24, 2.45) is 0 Å². The number of hydrogen-bond donors (Lipinski definition) is 0. The Morgan fingerprint density at radius 3 is 1.30 bits per heavy atom. The van der Waals surface area contributed by atoms with Crippen molar-refractivity contribution < 1.29 is 3.02 Å². The van der Waals surface area contributed by atoms with Crippen molar-refractivity contribution >= 4 is 54.9 Å². The molecule has 0 spiro atoms. The zero-order valence-corrected chi connectivity index (χ0v) is 11.0. The van der Waals surface area contributed by atoms with Gasteiger partial charge in [-0.05, 0) is 24.3 Å². The van der Waals surface area contributed by atoms with Gasteiger partial charge >= 0.3 is 26.0 Å². The summed E-state index contributed by atoms with van der Waals surface area (Å²) in [6, 6.07) is 7.96. The summed E-state index contributed by atoms with van der Waals surface area (Å²) in [5.41, 5.74) is 0. The van der Waals surface area contributed by atoms with E-state index in [0.29, 0.717) is 23.0 Å². The third kappa shape index (κ3) is 4.59. The Bertz CT molecular complexity index is 166. The molecule has 0 aliphatic carbocycles. The van der Waals surface area contributed by atoms with Crippen molar-refractivity contribution in [3.63, 3.8) is 0 Å². The predicted octanol–water partition coefficient (Wildman–Crippen LogP) is 2.44. The molecular weight excluding hydrogens is 370 g/mol. The first-order valence-corrected chi connectivity index (χ1v) is 5.15. The van der Waals surface area contributed by atoms with Crippen molar-refractivity contribution in [2.75, 3.05) is 0 Å². The van der Waals surface area contributed by atoms with E-state index in [-0.39, 0.29) is 0 Å². The Balaban J connectivity index is 0.000000371. The van der Waals surface area contributed by atoms with Gasteiger partial charge in [0, 0.05) is 8.95 Å². The van der Waals surface area contributed by atoms with Crippen molar-refractivity contribution in [3.05, 3.63) is 33.2 Å². The van der Waals surface area contributed by atoms with E-state index >= 15 is 0 Å². The number of benzene rings is 1. The van der Waals surface area contributed by atoms with Gasteiger partial charge < -0.3 is 0 Å². The molecule has 0 heterocycles. The van der Waals surface area contributed by atoms with Gasteiger partial charge in [0.25, 0.3) is 0 Å². The second kappa shape index (κ2) is 6.50. The Labute approximate surface area is 90.3 Å². The van der Waals surface area contributed by atoms with E-state index in [1.165, 1.54) is 0 Å². The molecule has 0 atom stereocenters. The third-order valence-corrected chi connectivity index (χ3v) is 1.86. The summed E-state index contributed by atoms with van der Waals surface area (Å²) in [5, 5.41) is 0. The van der Waals surface area contributed by atoms with Crippen LogP contribution >= 0.6 is 31.9 Å². The average molecular weight is 375 g/mol. The second-order valence-corrected chi connectivity index (χ2v) is 3.27. The quantitative estimate of drug-likeness (QED) is 0.638. The number of rotatable bonds is 0. The predicted molar refractivity (Wildman–Crippen MR) is 49.7 cm³/mol. The van der Waals surface area contributed by atoms with E-state index in [1.807, 2.05) is 24.3 Å². The SMILES string of the molecule is Brc1ccc(Br)cc1.[O]=[SbH]. The van der Waals surface area contributed by atoms with Crippen LogP contribution in [0, 0.1) is 0 Å². The van der Waals surface area contributed by atoms with Crippen LogP contribution in [0.15, 0.2) is 33.2 Å². The van der Waals surface area contributed by atoms with Crippen LogP contribution in [-0.2, 0) is 3.02 Å². The molecule has 1 nitrogen and oxygen atoms in total. The van der Waals surface area contributed by atoms with Crippen molar-refractivity contribution in [3.8, 4) is 0 Å². The number of halogens is 2. The molecule has 0 unspecified atom stereocenters. The van der Waals surface area contributed by atoms with Crippen molar-refractivity contribution in [2.45, 2.75) is 0 Å². The third-order valence-electron chi connectivity index (χ3n) is 0.804. The fraction of sp³-hybridized carbons (Fsp3) is 0. The molecule has 0 saturated heterocycles. The fourth-order valence-corrected chi connectivity index (χ4v) is 0.958. The first-order chi connectivity index (χ1) is 4.79. The molecule has 0 aromatic heterocycles. The zero-order chi connectivity index (χ0) is 7.98. The van der Waals surface area contributed by atoms with Crippen LogP contribution in [0.3, 0.4) is 0 Å². The van der Waals surface area contributed by atoms with Gasteiger partial charge in [-0.2, -0.15) is 0 Å². The van der Waals surface area contributed by atoms with Gasteiger partial charge in [-0.15, -0.1) is 0 Å². The molecule has 0 N–H and O–H groups in total. The minimum absolute atomic E-state index is 0.300. The van der Waals surface area contributed by atoms with Crippen LogP contribution in [0.2, 0.25) is 0 Å². The van der Waals surface area contributed by atoms with Crippen LogP contribution in [0.4, 0.5) is 0 Å². The molecule has 0 aliphatic heterocycles. The van der Waals surface area contributed by atoms with Crippen molar-refractivity contribution in [1.82, 2.24) is 0 Å². The van der Waals surface area contributed by atoms with Crippen LogP contribution in [-0.4, -0.2) is 23.0 Å². The summed E-state index contributed by atoms with van der Waals surface area (Å²) >= 11 is 6.95. The summed E-state index contributed by atoms with van der Waals surface area (Å²) < 4.78 is 10.6. The Morgan fingerprint density at radius 2 is 1.10 bits per heavy atom. The number of hydrogen-bond acceptors (Lipinski definition) is 1. The fourth-order valence-electron chi connectivity index (χ4n) is 0.430. The molecule has 4 heteroatoms. The van der Waals surface area contributed by atoms with Crippen molar-refractivity contribution in [1.29, 1.82) is 0 Å². The summed E-state index contributed by atoms with van der Waals surface area (Å²) in [4.78, 5) is 0. The molecule has 0 amide bonds. The Kier molecular flexibility index (Phi) is 7.02. The molecule has 1 aromatic carbocycles. The maximum atomic E-state index is 8.34. The standard InChI is InChI=1S/C6H4Br2.O.Sb.H/c7-5-1-2-6(8)4-3-5;;;/h1-4H;;;. The van der Waals surface area contributed by atoms with Gasteiger partial charge in [-0.1, -0.05) is 31.9 Å². The summed E-state index contributed by atoms with van der Waals surface area (Å²) in [7, 11) is 0.